The highest BCUT2D eigenvalue weighted by atomic mass is 32.1. The molecule has 1 aromatic heterocycles. The van der Waals surface area contributed by atoms with Gasteiger partial charge >= 0.3 is 0 Å². The van der Waals surface area contributed by atoms with E-state index in [1.54, 1.807) is 15.3 Å². The van der Waals surface area contributed by atoms with Gasteiger partial charge in [0.1, 0.15) is 0 Å². The minimum atomic E-state index is 0.540. The summed E-state index contributed by atoms with van der Waals surface area (Å²) in [7, 11) is 0. The van der Waals surface area contributed by atoms with Gasteiger partial charge in [0.15, 0.2) is 0 Å². The first-order chi connectivity index (χ1) is 10.3. The summed E-state index contributed by atoms with van der Waals surface area (Å²) in [6.45, 7) is 5.04. The Kier molecular flexibility index (Phi) is 4.08. The van der Waals surface area contributed by atoms with Gasteiger partial charge in [-0.25, -0.2) is 0 Å². The van der Waals surface area contributed by atoms with E-state index in [4.69, 9.17) is 0 Å². The largest absolute Gasteiger partial charge is 0.307 e. The van der Waals surface area contributed by atoms with Crippen molar-refractivity contribution in [1.82, 2.24) is 10.2 Å². The second kappa shape index (κ2) is 6.02. The standard InChI is InChI=1S/C18H28N2S/c1-13(18-11-14-5-2-3-7-17(14)21-18)19-15-8-10-20-9-4-6-16(20)12-15/h11,13,15-16,19H,2-10,12H2,1H3. The highest BCUT2D eigenvalue weighted by Crippen LogP contribution is 2.34. The molecule has 2 fully saturated rings. The summed E-state index contributed by atoms with van der Waals surface area (Å²) < 4.78 is 0. The first kappa shape index (κ1) is 14.2. The molecule has 2 aliphatic heterocycles. The van der Waals surface area contributed by atoms with E-state index in [-0.39, 0.29) is 0 Å². The zero-order chi connectivity index (χ0) is 14.2. The highest BCUT2D eigenvalue weighted by Gasteiger charge is 2.32. The van der Waals surface area contributed by atoms with E-state index in [1.807, 2.05) is 0 Å². The third-order valence-corrected chi connectivity index (χ3v) is 7.17. The molecule has 0 radical (unpaired) electrons. The van der Waals surface area contributed by atoms with Gasteiger partial charge in [0.05, 0.1) is 0 Å². The van der Waals surface area contributed by atoms with Crippen molar-refractivity contribution in [2.45, 2.75) is 76.4 Å². The van der Waals surface area contributed by atoms with Gasteiger partial charge in [0.25, 0.3) is 0 Å². The zero-order valence-corrected chi connectivity index (χ0v) is 14.1. The minimum Gasteiger partial charge on any atom is -0.307 e. The maximum atomic E-state index is 3.94. The Labute approximate surface area is 132 Å². The molecule has 2 nitrogen and oxygen atoms in total. The molecule has 0 aromatic carbocycles. The summed E-state index contributed by atoms with van der Waals surface area (Å²) in [5.41, 5.74) is 1.65. The third-order valence-electron chi connectivity index (χ3n) is 5.75. The Bertz CT molecular complexity index is 472. The fraction of sp³-hybridized carbons (Fsp3) is 0.778. The Hall–Kier alpha value is -0.380. The molecule has 0 bridgehead atoms. The number of hydrogen-bond donors (Lipinski definition) is 1. The number of thiophene rings is 1. The van der Waals surface area contributed by atoms with Crippen LogP contribution in [0.2, 0.25) is 0 Å². The molecular formula is C18H28N2S. The second-order valence-electron chi connectivity index (χ2n) is 7.25. The summed E-state index contributed by atoms with van der Waals surface area (Å²) >= 11 is 2.08. The number of nitrogens with one attached hydrogen (secondary N) is 1. The molecule has 0 saturated carbocycles. The lowest BCUT2D eigenvalue weighted by Gasteiger charge is -2.36. The van der Waals surface area contributed by atoms with Crippen molar-refractivity contribution in [3.8, 4) is 0 Å². The molecule has 3 unspecified atom stereocenters. The number of fused-ring (bicyclic) bond motifs is 2. The topological polar surface area (TPSA) is 15.3 Å². The molecule has 3 atom stereocenters. The lowest BCUT2D eigenvalue weighted by Crippen LogP contribution is -2.46. The summed E-state index contributed by atoms with van der Waals surface area (Å²) in [6.07, 6.45) is 11.0. The Balaban J connectivity index is 1.39. The van der Waals surface area contributed by atoms with Gasteiger partial charge in [-0.2, -0.15) is 0 Å². The maximum Gasteiger partial charge on any atom is 0.0388 e. The normalized spacial score (nSPS) is 30.9. The molecular weight excluding hydrogens is 276 g/mol. The van der Waals surface area contributed by atoms with Crippen molar-refractivity contribution in [2.24, 2.45) is 0 Å². The number of nitrogens with zero attached hydrogens (tertiary/aromatic N) is 1. The van der Waals surface area contributed by atoms with Gasteiger partial charge in [0, 0.05) is 27.9 Å². The first-order valence-corrected chi connectivity index (χ1v) is 9.73. The van der Waals surface area contributed by atoms with Crippen LogP contribution in [0, 0.1) is 0 Å². The monoisotopic (exact) mass is 304 g/mol. The molecule has 0 spiro atoms. The lowest BCUT2D eigenvalue weighted by molar-refractivity contribution is 0.162. The smallest absolute Gasteiger partial charge is 0.0388 e. The Morgan fingerprint density at radius 2 is 2.10 bits per heavy atom. The summed E-state index contributed by atoms with van der Waals surface area (Å²) in [4.78, 5) is 5.97. The molecule has 3 heteroatoms. The molecule has 1 aromatic rings. The van der Waals surface area contributed by atoms with Crippen LogP contribution in [0.25, 0.3) is 0 Å². The van der Waals surface area contributed by atoms with E-state index in [0.717, 1.165) is 12.1 Å². The average molecular weight is 305 g/mol. The molecule has 2 saturated heterocycles. The van der Waals surface area contributed by atoms with Crippen molar-refractivity contribution in [1.29, 1.82) is 0 Å². The lowest BCUT2D eigenvalue weighted by atomic mass is 9.96. The van der Waals surface area contributed by atoms with E-state index in [2.05, 4.69) is 34.5 Å². The number of aryl methyl sites for hydroxylation is 2. The van der Waals surface area contributed by atoms with Gasteiger partial charge < -0.3 is 10.2 Å². The van der Waals surface area contributed by atoms with Crippen LogP contribution in [0.5, 0.6) is 0 Å². The van der Waals surface area contributed by atoms with E-state index in [9.17, 15) is 0 Å². The third kappa shape index (κ3) is 2.93. The highest BCUT2D eigenvalue weighted by molar-refractivity contribution is 7.12. The zero-order valence-electron chi connectivity index (χ0n) is 13.2. The number of piperidine rings is 1. The SMILES string of the molecule is CC(NC1CCN2CCCC2C1)c1cc2c(s1)CCCC2. The predicted octanol–water partition coefficient (Wildman–Crippen LogP) is 3.90. The van der Waals surface area contributed by atoms with Crippen molar-refractivity contribution >= 4 is 11.3 Å². The summed E-state index contributed by atoms with van der Waals surface area (Å²) in [5, 5.41) is 3.94. The number of hydrogen-bond acceptors (Lipinski definition) is 3. The van der Waals surface area contributed by atoms with Crippen molar-refractivity contribution in [3.05, 3.63) is 21.4 Å². The Morgan fingerprint density at radius 3 is 3.00 bits per heavy atom. The minimum absolute atomic E-state index is 0.540. The molecule has 1 N–H and O–H groups in total. The van der Waals surface area contributed by atoms with Gasteiger partial charge in [-0.05, 0) is 83.0 Å². The summed E-state index contributed by atoms with van der Waals surface area (Å²) in [5.74, 6) is 0. The number of rotatable bonds is 3. The second-order valence-corrected chi connectivity index (χ2v) is 8.41. The summed E-state index contributed by atoms with van der Waals surface area (Å²) in [6, 6.07) is 4.65. The molecule has 21 heavy (non-hydrogen) atoms. The quantitative estimate of drug-likeness (QED) is 0.911. The first-order valence-electron chi connectivity index (χ1n) is 8.91. The van der Waals surface area contributed by atoms with Crippen LogP contribution in [0.15, 0.2) is 6.07 Å². The van der Waals surface area contributed by atoms with E-state index < -0.39 is 0 Å². The molecule has 4 rings (SSSR count). The van der Waals surface area contributed by atoms with Crippen molar-refractivity contribution in [3.63, 3.8) is 0 Å². The van der Waals surface area contributed by atoms with E-state index in [0.29, 0.717) is 6.04 Å². The van der Waals surface area contributed by atoms with Crippen LogP contribution in [-0.4, -0.2) is 30.1 Å². The van der Waals surface area contributed by atoms with Gasteiger partial charge in [-0.3, -0.25) is 0 Å². The van der Waals surface area contributed by atoms with Gasteiger partial charge in [0.2, 0.25) is 0 Å². The fourth-order valence-electron chi connectivity index (χ4n) is 4.54. The molecule has 3 heterocycles. The average Bonchev–Trinajstić information content (AvgIpc) is 3.13. The van der Waals surface area contributed by atoms with E-state index in [1.165, 1.54) is 64.5 Å². The predicted molar refractivity (Wildman–Crippen MR) is 90.1 cm³/mol. The molecule has 1 aliphatic carbocycles. The van der Waals surface area contributed by atoms with Crippen LogP contribution in [0.4, 0.5) is 0 Å². The van der Waals surface area contributed by atoms with Crippen LogP contribution >= 0.6 is 11.3 Å². The van der Waals surface area contributed by atoms with Gasteiger partial charge in [-0.15, -0.1) is 11.3 Å². The van der Waals surface area contributed by atoms with Gasteiger partial charge in [-0.1, -0.05) is 0 Å². The van der Waals surface area contributed by atoms with Crippen LogP contribution < -0.4 is 5.32 Å². The van der Waals surface area contributed by atoms with Crippen LogP contribution in [0.1, 0.15) is 66.8 Å². The van der Waals surface area contributed by atoms with Crippen molar-refractivity contribution in [2.75, 3.05) is 13.1 Å². The van der Waals surface area contributed by atoms with Crippen LogP contribution in [0.3, 0.4) is 0 Å². The van der Waals surface area contributed by atoms with Crippen LogP contribution in [-0.2, 0) is 12.8 Å². The Morgan fingerprint density at radius 1 is 1.19 bits per heavy atom. The molecule has 0 amide bonds. The van der Waals surface area contributed by atoms with E-state index >= 15 is 0 Å². The molecule has 116 valence electrons. The fourth-order valence-corrected chi connectivity index (χ4v) is 5.81. The maximum absolute atomic E-state index is 3.94. The molecule has 3 aliphatic rings. The van der Waals surface area contributed by atoms with Crippen molar-refractivity contribution < 1.29 is 0 Å².